The number of fused-ring (bicyclic) bond motifs is 1. The van der Waals surface area contributed by atoms with E-state index in [0.717, 1.165) is 17.6 Å². The molecule has 0 radical (unpaired) electrons. The van der Waals surface area contributed by atoms with Crippen molar-refractivity contribution in [3.63, 3.8) is 0 Å². The maximum absolute atomic E-state index is 11.0. The molecule has 1 aromatic heterocycles. The molecular weight excluding hydrogens is 254 g/mol. The highest BCUT2D eigenvalue weighted by molar-refractivity contribution is 5.96. The van der Waals surface area contributed by atoms with Gasteiger partial charge in [0.1, 0.15) is 12.1 Å². The van der Waals surface area contributed by atoms with Crippen LogP contribution in [-0.4, -0.2) is 27.1 Å². The zero-order valence-electron chi connectivity index (χ0n) is 11.8. The minimum absolute atomic E-state index is 0.237. The Morgan fingerprint density at radius 3 is 2.90 bits per heavy atom. The lowest BCUT2D eigenvalue weighted by atomic mass is 10.1. The monoisotopic (exact) mass is 273 g/mol. The van der Waals surface area contributed by atoms with Crippen LogP contribution in [0.4, 0.5) is 5.82 Å². The van der Waals surface area contributed by atoms with Crippen molar-refractivity contribution in [3.8, 4) is 0 Å². The van der Waals surface area contributed by atoms with Crippen LogP contribution in [0.3, 0.4) is 0 Å². The molecule has 2 aromatic rings. The molecule has 2 N–H and O–H groups in total. The van der Waals surface area contributed by atoms with Crippen LogP contribution in [0.5, 0.6) is 0 Å². The summed E-state index contributed by atoms with van der Waals surface area (Å²) >= 11 is 0. The average molecular weight is 273 g/mol. The van der Waals surface area contributed by atoms with E-state index in [9.17, 15) is 4.79 Å². The lowest BCUT2D eigenvalue weighted by molar-refractivity contribution is 0.0697. The number of hydrogen-bond donors (Lipinski definition) is 2. The molecule has 1 atom stereocenters. The highest BCUT2D eigenvalue weighted by Crippen LogP contribution is 2.21. The van der Waals surface area contributed by atoms with Gasteiger partial charge in [-0.25, -0.2) is 14.8 Å². The van der Waals surface area contributed by atoms with E-state index in [4.69, 9.17) is 5.11 Å². The Morgan fingerprint density at radius 1 is 1.40 bits per heavy atom. The molecule has 1 heterocycles. The van der Waals surface area contributed by atoms with Crippen molar-refractivity contribution in [3.05, 3.63) is 30.1 Å². The van der Waals surface area contributed by atoms with Crippen LogP contribution in [0.2, 0.25) is 0 Å². The van der Waals surface area contributed by atoms with E-state index >= 15 is 0 Å². The number of anilines is 1. The Morgan fingerprint density at radius 2 is 2.20 bits per heavy atom. The van der Waals surface area contributed by atoms with Gasteiger partial charge in [-0.2, -0.15) is 0 Å². The van der Waals surface area contributed by atoms with Gasteiger partial charge in [-0.1, -0.05) is 19.8 Å². The number of rotatable bonds is 6. The molecule has 0 bridgehead atoms. The molecule has 0 aliphatic heterocycles. The van der Waals surface area contributed by atoms with E-state index in [-0.39, 0.29) is 5.56 Å². The van der Waals surface area contributed by atoms with Crippen LogP contribution in [-0.2, 0) is 0 Å². The van der Waals surface area contributed by atoms with Crippen LogP contribution in [0.15, 0.2) is 24.5 Å². The number of aromatic carboxylic acids is 1. The molecule has 5 nitrogen and oxygen atoms in total. The van der Waals surface area contributed by atoms with Gasteiger partial charge in [0.15, 0.2) is 0 Å². The molecule has 0 fully saturated rings. The number of aromatic nitrogens is 2. The van der Waals surface area contributed by atoms with Crippen molar-refractivity contribution in [2.75, 3.05) is 5.32 Å². The lowest BCUT2D eigenvalue weighted by Crippen LogP contribution is -2.16. The molecule has 0 spiro atoms. The van der Waals surface area contributed by atoms with Gasteiger partial charge in [-0.3, -0.25) is 0 Å². The van der Waals surface area contributed by atoms with Gasteiger partial charge in [0.25, 0.3) is 0 Å². The van der Waals surface area contributed by atoms with Crippen molar-refractivity contribution in [1.82, 2.24) is 9.97 Å². The van der Waals surface area contributed by atoms with Crippen molar-refractivity contribution >= 4 is 22.7 Å². The summed E-state index contributed by atoms with van der Waals surface area (Å²) in [5.41, 5.74) is 0.881. The number of benzene rings is 1. The first-order valence-corrected chi connectivity index (χ1v) is 6.86. The predicted octanol–water partition coefficient (Wildman–Crippen LogP) is 3.32. The van der Waals surface area contributed by atoms with Gasteiger partial charge in [0, 0.05) is 11.4 Å². The smallest absolute Gasteiger partial charge is 0.335 e. The van der Waals surface area contributed by atoms with Gasteiger partial charge < -0.3 is 10.4 Å². The van der Waals surface area contributed by atoms with Gasteiger partial charge >= 0.3 is 5.97 Å². The van der Waals surface area contributed by atoms with Crippen LogP contribution >= 0.6 is 0 Å². The first kappa shape index (κ1) is 14.2. The number of unbranched alkanes of at least 4 members (excludes halogenated alkanes) is 1. The Balaban J connectivity index is 2.28. The zero-order valence-corrected chi connectivity index (χ0v) is 11.8. The molecule has 1 aromatic carbocycles. The second-order valence-electron chi connectivity index (χ2n) is 4.95. The summed E-state index contributed by atoms with van der Waals surface area (Å²) in [5, 5.41) is 13.2. The predicted molar refractivity (Wildman–Crippen MR) is 79.1 cm³/mol. The van der Waals surface area contributed by atoms with Gasteiger partial charge in [-0.15, -0.1) is 0 Å². The quantitative estimate of drug-likeness (QED) is 0.844. The van der Waals surface area contributed by atoms with Crippen molar-refractivity contribution < 1.29 is 9.90 Å². The van der Waals surface area contributed by atoms with Crippen molar-refractivity contribution in [2.24, 2.45) is 0 Å². The fraction of sp³-hybridized carbons (Fsp3) is 0.400. The van der Waals surface area contributed by atoms with Gasteiger partial charge in [-0.05, 0) is 31.5 Å². The van der Waals surface area contributed by atoms with Gasteiger partial charge in [0.05, 0.1) is 11.1 Å². The zero-order chi connectivity index (χ0) is 14.5. The Labute approximate surface area is 118 Å². The fourth-order valence-corrected chi connectivity index (χ4v) is 2.12. The molecule has 1 unspecified atom stereocenters. The van der Waals surface area contributed by atoms with Crippen LogP contribution in [0.1, 0.15) is 43.5 Å². The highest BCUT2D eigenvalue weighted by atomic mass is 16.4. The van der Waals surface area contributed by atoms with Crippen LogP contribution in [0, 0.1) is 0 Å². The van der Waals surface area contributed by atoms with E-state index in [2.05, 4.69) is 29.1 Å². The standard InChI is InChI=1S/C15H19N3O2/c1-3-4-5-10(2)18-14-12-7-6-11(15(19)20)8-13(12)16-9-17-14/h6-10H,3-5H2,1-2H3,(H,19,20)(H,16,17,18). The van der Waals surface area contributed by atoms with Crippen molar-refractivity contribution in [2.45, 2.75) is 39.2 Å². The first-order valence-electron chi connectivity index (χ1n) is 6.86. The normalized spacial score (nSPS) is 12.3. The number of carboxylic acids is 1. The third-order valence-electron chi connectivity index (χ3n) is 3.26. The lowest BCUT2D eigenvalue weighted by Gasteiger charge is -2.15. The molecule has 0 aliphatic rings. The van der Waals surface area contributed by atoms with Crippen molar-refractivity contribution in [1.29, 1.82) is 0 Å². The third-order valence-corrected chi connectivity index (χ3v) is 3.26. The summed E-state index contributed by atoms with van der Waals surface area (Å²) < 4.78 is 0. The highest BCUT2D eigenvalue weighted by Gasteiger charge is 2.10. The van der Waals surface area contributed by atoms with Gasteiger partial charge in [0.2, 0.25) is 0 Å². The number of carbonyl (C=O) groups is 1. The second-order valence-corrected chi connectivity index (χ2v) is 4.95. The fourth-order valence-electron chi connectivity index (χ4n) is 2.12. The summed E-state index contributed by atoms with van der Waals surface area (Å²) in [6.45, 7) is 4.29. The SMILES string of the molecule is CCCCC(C)Nc1ncnc2cc(C(=O)O)ccc12. The van der Waals surface area contributed by atoms with E-state index in [0.29, 0.717) is 11.6 Å². The van der Waals surface area contributed by atoms with Crippen LogP contribution in [0.25, 0.3) is 10.9 Å². The topological polar surface area (TPSA) is 75.1 Å². The van der Waals surface area contributed by atoms with E-state index in [1.54, 1.807) is 18.2 Å². The van der Waals surface area contributed by atoms with E-state index in [1.807, 2.05) is 0 Å². The molecule has 106 valence electrons. The molecule has 0 amide bonds. The molecule has 2 rings (SSSR count). The number of nitrogens with one attached hydrogen (secondary N) is 1. The molecular formula is C15H19N3O2. The maximum Gasteiger partial charge on any atom is 0.335 e. The molecule has 0 saturated heterocycles. The Hall–Kier alpha value is -2.17. The minimum atomic E-state index is -0.948. The van der Waals surface area contributed by atoms with E-state index in [1.165, 1.54) is 19.2 Å². The summed E-state index contributed by atoms with van der Waals surface area (Å²) in [5.74, 6) is -0.188. The summed E-state index contributed by atoms with van der Waals surface area (Å²) in [7, 11) is 0. The maximum atomic E-state index is 11.0. The Kier molecular flexibility index (Phi) is 4.50. The number of hydrogen-bond acceptors (Lipinski definition) is 4. The molecule has 20 heavy (non-hydrogen) atoms. The van der Waals surface area contributed by atoms with E-state index < -0.39 is 5.97 Å². The van der Waals surface area contributed by atoms with Crippen LogP contribution < -0.4 is 5.32 Å². The average Bonchev–Trinajstić information content (AvgIpc) is 2.44. The Bertz CT molecular complexity index is 613. The first-order chi connectivity index (χ1) is 9.61. The number of carboxylic acid groups (broad SMARTS) is 1. The summed E-state index contributed by atoms with van der Waals surface area (Å²) in [6, 6.07) is 5.23. The summed E-state index contributed by atoms with van der Waals surface area (Å²) in [4.78, 5) is 19.4. The minimum Gasteiger partial charge on any atom is -0.478 e. The number of nitrogens with zero attached hydrogens (tertiary/aromatic N) is 2. The molecule has 0 saturated carbocycles. The molecule has 0 aliphatic carbocycles. The summed E-state index contributed by atoms with van der Waals surface area (Å²) in [6.07, 6.45) is 4.87. The molecule has 5 heteroatoms. The second kappa shape index (κ2) is 6.32. The largest absolute Gasteiger partial charge is 0.478 e. The third kappa shape index (κ3) is 3.23.